The summed E-state index contributed by atoms with van der Waals surface area (Å²) in [5, 5.41) is 0. The zero-order valence-corrected chi connectivity index (χ0v) is 8.27. The Bertz CT molecular complexity index is 454. The summed E-state index contributed by atoms with van der Waals surface area (Å²) in [5.41, 5.74) is 20.7. The number of benzene rings is 2. The average molecular weight is 199 g/mol. The van der Waals surface area contributed by atoms with Crippen molar-refractivity contribution in [3.63, 3.8) is 0 Å². The second-order valence-electron chi connectivity index (χ2n) is 3.43. The average Bonchev–Trinajstić information content (AvgIpc) is 2.26. The first-order chi connectivity index (χ1) is 7.18. The Kier molecular flexibility index (Phi) is 2.21. The molecule has 0 atom stereocenters. The molecule has 0 radical (unpaired) electrons. The fourth-order valence-corrected chi connectivity index (χ4v) is 1.50. The summed E-state index contributed by atoms with van der Waals surface area (Å²) in [6.45, 7) is 0. The van der Waals surface area contributed by atoms with Crippen LogP contribution in [-0.2, 0) is 0 Å². The monoisotopic (exact) mass is 199 g/mol. The lowest BCUT2D eigenvalue weighted by atomic mass is 10.0. The number of nitrogen functional groups attached to an aromatic ring is 3. The molecule has 15 heavy (non-hydrogen) atoms. The SMILES string of the molecule is Nc1cc(-c2ccccc2)cc(N)c1N. The van der Waals surface area contributed by atoms with E-state index in [4.69, 9.17) is 17.2 Å². The largest absolute Gasteiger partial charge is 0.397 e. The molecule has 0 aliphatic carbocycles. The molecule has 0 amide bonds. The maximum atomic E-state index is 5.75. The van der Waals surface area contributed by atoms with Crippen molar-refractivity contribution in [2.75, 3.05) is 17.2 Å². The molecule has 0 saturated carbocycles. The zero-order chi connectivity index (χ0) is 10.8. The number of nitrogens with two attached hydrogens (primary N) is 3. The van der Waals surface area contributed by atoms with E-state index < -0.39 is 0 Å². The van der Waals surface area contributed by atoms with Gasteiger partial charge in [-0.15, -0.1) is 0 Å². The normalized spacial score (nSPS) is 10.1. The Morgan fingerprint density at radius 3 is 1.73 bits per heavy atom. The highest BCUT2D eigenvalue weighted by Crippen LogP contribution is 2.30. The van der Waals surface area contributed by atoms with Crippen molar-refractivity contribution < 1.29 is 0 Å². The van der Waals surface area contributed by atoms with Crippen LogP contribution in [0.2, 0.25) is 0 Å². The van der Waals surface area contributed by atoms with Crippen LogP contribution in [0.1, 0.15) is 0 Å². The van der Waals surface area contributed by atoms with E-state index in [0.717, 1.165) is 11.1 Å². The first-order valence-corrected chi connectivity index (χ1v) is 4.68. The topological polar surface area (TPSA) is 78.1 Å². The van der Waals surface area contributed by atoms with Gasteiger partial charge in [0.25, 0.3) is 0 Å². The van der Waals surface area contributed by atoms with Gasteiger partial charge in [-0.2, -0.15) is 0 Å². The smallest absolute Gasteiger partial charge is 0.0781 e. The Labute approximate surface area is 88.5 Å². The van der Waals surface area contributed by atoms with Crippen molar-refractivity contribution in [3.05, 3.63) is 42.5 Å². The van der Waals surface area contributed by atoms with Crippen molar-refractivity contribution in [1.29, 1.82) is 0 Å². The molecule has 6 N–H and O–H groups in total. The summed E-state index contributed by atoms with van der Waals surface area (Å²) < 4.78 is 0. The lowest BCUT2D eigenvalue weighted by Gasteiger charge is -2.08. The van der Waals surface area contributed by atoms with Gasteiger partial charge in [-0.3, -0.25) is 0 Å². The molecule has 0 spiro atoms. The van der Waals surface area contributed by atoms with Gasteiger partial charge in [-0.05, 0) is 23.3 Å². The first kappa shape index (κ1) is 9.40. The summed E-state index contributed by atoms with van der Waals surface area (Å²) in [4.78, 5) is 0. The molecule has 2 rings (SSSR count). The third-order valence-corrected chi connectivity index (χ3v) is 2.35. The van der Waals surface area contributed by atoms with E-state index in [2.05, 4.69) is 0 Å². The quantitative estimate of drug-likeness (QED) is 0.615. The van der Waals surface area contributed by atoms with Crippen molar-refractivity contribution in [1.82, 2.24) is 0 Å². The minimum Gasteiger partial charge on any atom is -0.397 e. The number of hydrogen-bond donors (Lipinski definition) is 3. The molecule has 0 unspecified atom stereocenters. The summed E-state index contributed by atoms with van der Waals surface area (Å²) >= 11 is 0. The fraction of sp³-hybridized carbons (Fsp3) is 0. The molecule has 0 aliphatic rings. The van der Waals surface area contributed by atoms with Crippen LogP contribution < -0.4 is 17.2 Å². The van der Waals surface area contributed by atoms with Gasteiger partial charge in [0.15, 0.2) is 0 Å². The molecule has 0 heterocycles. The zero-order valence-electron chi connectivity index (χ0n) is 8.27. The lowest BCUT2D eigenvalue weighted by Crippen LogP contribution is -2.00. The van der Waals surface area contributed by atoms with E-state index in [1.807, 2.05) is 42.5 Å². The third kappa shape index (κ3) is 1.72. The van der Waals surface area contributed by atoms with Gasteiger partial charge < -0.3 is 17.2 Å². The first-order valence-electron chi connectivity index (χ1n) is 4.68. The van der Waals surface area contributed by atoms with Crippen LogP contribution in [0.15, 0.2) is 42.5 Å². The predicted molar refractivity (Wildman–Crippen MR) is 65.1 cm³/mol. The van der Waals surface area contributed by atoms with Gasteiger partial charge in [-0.1, -0.05) is 30.3 Å². The van der Waals surface area contributed by atoms with Gasteiger partial charge in [0.05, 0.1) is 17.1 Å². The second kappa shape index (κ2) is 3.53. The molecule has 2 aromatic rings. The van der Waals surface area contributed by atoms with Crippen molar-refractivity contribution in [2.45, 2.75) is 0 Å². The Morgan fingerprint density at radius 1 is 0.667 bits per heavy atom. The molecule has 76 valence electrons. The van der Waals surface area contributed by atoms with Gasteiger partial charge in [0, 0.05) is 0 Å². The molecule has 2 aromatic carbocycles. The van der Waals surface area contributed by atoms with Crippen molar-refractivity contribution in [2.24, 2.45) is 0 Å². The maximum absolute atomic E-state index is 5.75. The molecule has 0 aliphatic heterocycles. The molecule has 0 fully saturated rings. The van der Waals surface area contributed by atoms with Gasteiger partial charge >= 0.3 is 0 Å². The predicted octanol–water partition coefficient (Wildman–Crippen LogP) is 2.10. The van der Waals surface area contributed by atoms with Crippen LogP contribution in [-0.4, -0.2) is 0 Å². The summed E-state index contributed by atoms with van der Waals surface area (Å²) in [6, 6.07) is 13.6. The third-order valence-electron chi connectivity index (χ3n) is 2.35. The van der Waals surface area contributed by atoms with Crippen LogP contribution >= 0.6 is 0 Å². The fourth-order valence-electron chi connectivity index (χ4n) is 1.50. The molecule has 0 saturated heterocycles. The van der Waals surface area contributed by atoms with E-state index >= 15 is 0 Å². The lowest BCUT2D eigenvalue weighted by molar-refractivity contribution is 1.60. The minimum absolute atomic E-state index is 0.453. The molecular formula is C12H13N3. The maximum Gasteiger partial charge on any atom is 0.0781 e. The highest BCUT2D eigenvalue weighted by atomic mass is 14.7. The van der Waals surface area contributed by atoms with E-state index in [-0.39, 0.29) is 0 Å². The highest BCUT2D eigenvalue weighted by Gasteiger charge is 2.04. The Hall–Kier alpha value is -2.16. The Balaban J connectivity index is 2.56. The molecule has 3 heteroatoms. The number of anilines is 3. The Morgan fingerprint density at radius 2 is 1.20 bits per heavy atom. The van der Waals surface area contributed by atoms with Crippen LogP contribution in [0, 0.1) is 0 Å². The molecule has 0 aromatic heterocycles. The van der Waals surface area contributed by atoms with E-state index in [0.29, 0.717) is 17.1 Å². The van der Waals surface area contributed by atoms with Gasteiger partial charge in [-0.25, -0.2) is 0 Å². The van der Waals surface area contributed by atoms with Gasteiger partial charge in [0.1, 0.15) is 0 Å². The molecule has 3 nitrogen and oxygen atoms in total. The number of rotatable bonds is 1. The summed E-state index contributed by atoms with van der Waals surface area (Å²) in [6.07, 6.45) is 0. The van der Waals surface area contributed by atoms with Crippen LogP contribution in [0.3, 0.4) is 0 Å². The van der Waals surface area contributed by atoms with Crippen LogP contribution in [0.4, 0.5) is 17.1 Å². The standard InChI is InChI=1S/C12H13N3/c13-10-6-9(7-11(14)12(10)15)8-4-2-1-3-5-8/h1-7H,13-15H2. The van der Waals surface area contributed by atoms with E-state index in [9.17, 15) is 0 Å². The minimum atomic E-state index is 0.453. The van der Waals surface area contributed by atoms with Crippen molar-refractivity contribution in [3.8, 4) is 11.1 Å². The molecule has 0 bridgehead atoms. The highest BCUT2D eigenvalue weighted by molar-refractivity contribution is 5.84. The summed E-state index contributed by atoms with van der Waals surface area (Å²) in [5.74, 6) is 0. The van der Waals surface area contributed by atoms with Gasteiger partial charge in [0.2, 0.25) is 0 Å². The van der Waals surface area contributed by atoms with E-state index in [1.54, 1.807) is 0 Å². The number of hydrogen-bond acceptors (Lipinski definition) is 3. The molecular weight excluding hydrogens is 186 g/mol. The van der Waals surface area contributed by atoms with Crippen LogP contribution in [0.25, 0.3) is 11.1 Å². The van der Waals surface area contributed by atoms with Crippen molar-refractivity contribution >= 4 is 17.1 Å². The second-order valence-corrected chi connectivity index (χ2v) is 3.43. The van der Waals surface area contributed by atoms with Crippen LogP contribution in [0.5, 0.6) is 0 Å². The summed E-state index contributed by atoms with van der Waals surface area (Å²) in [7, 11) is 0. The van der Waals surface area contributed by atoms with E-state index in [1.165, 1.54) is 0 Å².